The van der Waals surface area contributed by atoms with Gasteiger partial charge in [-0.25, -0.2) is 14.0 Å². The van der Waals surface area contributed by atoms with Crippen LogP contribution in [0.3, 0.4) is 0 Å². The first-order chi connectivity index (χ1) is 14.5. The van der Waals surface area contributed by atoms with Gasteiger partial charge in [0, 0.05) is 6.42 Å². The zero-order valence-corrected chi connectivity index (χ0v) is 19.5. The quantitative estimate of drug-likeness (QED) is 0.151. The molecule has 1 aliphatic heterocycles. The summed E-state index contributed by atoms with van der Waals surface area (Å²) in [6.45, 7) is -1.04. The third-order valence-electron chi connectivity index (χ3n) is 5.24. The molecule has 0 radical (unpaired) electrons. The Balaban J connectivity index is 0.000000896. The van der Waals surface area contributed by atoms with Gasteiger partial charge >= 0.3 is 38.7 Å². The fourth-order valence-corrected chi connectivity index (χ4v) is 3.16. The number of aliphatic hydroxyl groups excluding tert-OH is 4. The van der Waals surface area contributed by atoms with Gasteiger partial charge in [0.05, 0.1) is 13.2 Å². The molecular formula is C18H31FN2O10Pt. The second-order valence-corrected chi connectivity index (χ2v) is 7.58. The number of carbonyl (C=O) groups is 2. The molecule has 0 aromatic carbocycles. The van der Waals surface area contributed by atoms with E-state index in [1.54, 1.807) is 0 Å². The zero-order chi connectivity index (χ0) is 23.8. The van der Waals surface area contributed by atoms with Crippen LogP contribution in [0.15, 0.2) is 0 Å². The average molecular weight is 650 g/mol. The summed E-state index contributed by atoms with van der Waals surface area (Å²) < 4.78 is 23.7. The molecule has 32 heavy (non-hydrogen) atoms. The predicted octanol–water partition coefficient (Wildman–Crippen LogP) is -0.140. The molecule has 190 valence electrons. The van der Waals surface area contributed by atoms with Crippen LogP contribution in [0.1, 0.15) is 38.5 Å². The molecule has 1 saturated carbocycles. The van der Waals surface area contributed by atoms with Gasteiger partial charge in [0.2, 0.25) is 0 Å². The van der Waals surface area contributed by atoms with Crippen LogP contribution in [-0.2, 0) is 40.1 Å². The normalized spacial score (nSPS) is 32.8. The van der Waals surface area contributed by atoms with Crippen molar-refractivity contribution >= 4 is 11.9 Å². The minimum absolute atomic E-state index is 0. The van der Waals surface area contributed by atoms with Crippen LogP contribution in [0.2, 0.25) is 0 Å². The number of hydrogen-bond acceptors (Lipinski definition) is 8. The molecule has 2 rings (SSSR count). The summed E-state index contributed by atoms with van der Waals surface area (Å²) in [5.74, 6) is -4.28. The van der Waals surface area contributed by atoms with E-state index in [0.717, 1.165) is 12.8 Å². The Morgan fingerprint density at radius 2 is 1.50 bits per heavy atom. The molecule has 14 heteroatoms. The molecular weight excluding hydrogens is 618 g/mol. The van der Waals surface area contributed by atoms with Gasteiger partial charge in [-0.15, -0.1) is 0 Å². The van der Waals surface area contributed by atoms with Crippen molar-refractivity contribution in [3.63, 3.8) is 0 Å². The summed E-state index contributed by atoms with van der Waals surface area (Å²) in [5, 5.41) is 54.8. The second-order valence-electron chi connectivity index (χ2n) is 7.58. The van der Waals surface area contributed by atoms with Gasteiger partial charge in [0.15, 0.2) is 6.29 Å². The molecule has 2 aliphatic rings. The van der Waals surface area contributed by atoms with E-state index in [2.05, 4.69) is 0 Å². The van der Waals surface area contributed by atoms with Crippen LogP contribution >= 0.6 is 0 Å². The first-order valence-electron chi connectivity index (χ1n) is 9.95. The van der Waals surface area contributed by atoms with Crippen molar-refractivity contribution in [1.29, 1.82) is 0 Å². The number of alkyl halides is 1. The molecule has 8 N–H and O–H groups in total. The zero-order valence-electron chi connectivity index (χ0n) is 17.2. The Morgan fingerprint density at radius 3 is 1.91 bits per heavy atom. The topological polar surface area (TPSA) is 222 Å². The molecule has 1 aliphatic carbocycles. The summed E-state index contributed by atoms with van der Waals surface area (Å²) in [7, 11) is 0. The molecule has 0 amide bonds. The number of hydrogen-bond donors (Lipinski definition) is 6. The van der Waals surface area contributed by atoms with Crippen molar-refractivity contribution in [3.05, 3.63) is 11.5 Å². The molecule has 0 spiro atoms. The number of rotatable bonds is 8. The van der Waals surface area contributed by atoms with Crippen molar-refractivity contribution in [2.45, 2.75) is 87.0 Å². The molecule has 0 aromatic heterocycles. The predicted molar refractivity (Wildman–Crippen MR) is 103 cm³/mol. The molecule has 7 atom stereocenters. The first-order valence-corrected chi connectivity index (χ1v) is 9.95. The van der Waals surface area contributed by atoms with Crippen molar-refractivity contribution in [2.24, 2.45) is 0 Å². The Morgan fingerprint density at radius 1 is 1.00 bits per heavy atom. The van der Waals surface area contributed by atoms with Crippen LogP contribution in [0.25, 0.3) is 11.5 Å². The van der Waals surface area contributed by atoms with Crippen LogP contribution in [-0.4, -0.2) is 104 Å². The maximum absolute atomic E-state index is 13.7. The fraction of sp³-hybridized carbons (Fsp3) is 0.889. The maximum atomic E-state index is 13.7. The number of nitrogens with one attached hydrogen (secondary N) is 2. The number of aliphatic carboxylic acids is 2. The van der Waals surface area contributed by atoms with Crippen molar-refractivity contribution in [3.8, 4) is 0 Å². The van der Waals surface area contributed by atoms with Gasteiger partial charge in [0.25, 0.3) is 0 Å². The van der Waals surface area contributed by atoms with Gasteiger partial charge in [-0.1, -0.05) is 25.7 Å². The van der Waals surface area contributed by atoms with Crippen LogP contribution < -0.4 is 0 Å². The summed E-state index contributed by atoms with van der Waals surface area (Å²) in [5.41, 5.74) is 11.1. The summed E-state index contributed by atoms with van der Waals surface area (Å²) in [4.78, 5) is 21.2. The minimum atomic E-state index is -3.46. The minimum Gasteiger partial charge on any atom is -0.676 e. The van der Waals surface area contributed by atoms with Crippen molar-refractivity contribution < 1.29 is 75.2 Å². The third-order valence-corrected chi connectivity index (χ3v) is 5.24. The molecule has 12 nitrogen and oxygen atoms in total. The van der Waals surface area contributed by atoms with E-state index in [4.69, 9.17) is 36.3 Å². The number of ether oxygens (including phenoxy) is 2. The molecule has 1 unspecified atom stereocenters. The smallest absolute Gasteiger partial charge is 0.676 e. The van der Waals surface area contributed by atoms with Gasteiger partial charge in [-0.3, -0.25) is 0 Å². The third kappa shape index (κ3) is 8.54. The van der Waals surface area contributed by atoms with E-state index >= 15 is 0 Å². The Kier molecular flexibility index (Phi) is 14.1. The Labute approximate surface area is 198 Å². The largest absolute Gasteiger partial charge is 2.00 e. The molecule has 1 heterocycles. The van der Waals surface area contributed by atoms with Crippen LogP contribution in [0, 0.1) is 0 Å². The number of aliphatic hydroxyl groups is 4. The standard InChI is InChI=1S/C12H19FO10.C6H12N2.Pt/c13-12(10(18)19,11(20)21)2-1-3-22-9-8(17)7(16)6(15)5(4-14)23-9;7-5-3-1-2-4-6(5)8;/h5-9,14-17H,1-4H2,(H,18,19)(H,20,21);5-8H,1-4H2;/q;-2;+2/t5-,6+,7+,8-,9?;5-,6-;/m11./s1. The van der Waals surface area contributed by atoms with Crippen molar-refractivity contribution in [1.82, 2.24) is 0 Å². The SMILES string of the molecule is O=C(O)C(F)(CCCOC1O[C@H](CO)[C@H](O)[C@H](O)[C@H]1O)C(=O)O.[NH-][C@@H]1CCCC[C@H]1[NH-].[Pt+2]. The summed E-state index contributed by atoms with van der Waals surface area (Å²) in [6, 6.07) is -0.160. The van der Waals surface area contributed by atoms with Gasteiger partial charge < -0.3 is 51.6 Å². The summed E-state index contributed by atoms with van der Waals surface area (Å²) in [6.07, 6.45) is -4.46. The summed E-state index contributed by atoms with van der Waals surface area (Å²) >= 11 is 0. The van der Waals surface area contributed by atoms with Gasteiger partial charge in [0.1, 0.15) is 24.4 Å². The number of carboxylic acid groups (broad SMARTS) is 2. The Hall–Kier alpha value is -0.762. The van der Waals surface area contributed by atoms with E-state index in [9.17, 15) is 29.3 Å². The number of halogens is 1. The molecule has 0 bridgehead atoms. The van der Waals surface area contributed by atoms with Gasteiger partial charge in [-0.2, -0.15) is 12.1 Å². The Bertz CT molecular complexity index is 564. The molecule has 1 saturated heterocycles. The van der Waals surface area contributed by atoms with E-state index in [0.29, 0.717) is 0 Å². The molecule has 0 aromatic rings. The second kappa shape index (κ2) is 14.5. The average Bonchev–Trinajstić information content (AvgIpc) is 2.73. The van der Waals surface area contributed by atoms with E-state index in [1.807, 2.05) is 0 Å². The first kappa shape index (κ1) is 31.2. The van der Waals surface area contributed by atoms with Crippen molar-refractivity contribution in [2.75, 3.05) is 13.2 Å². The van der Waals surface area contributed by atoms with Crippen LogP contribution in [0.5, 0.6) is 0 Å². The number of carboxylic acids is 2. The maximum Gasteiger partial charge on any atom is 2.00 e. The fourth-order valence-electron chi connectivity index (χ4n) is 3.16. The van der Waals surface area contributed by atoms with E-state index < -0.39 is 61.3 Å². The van der Waals surface area contributed by atoms with E-state index in [-0.39, 0.29) is 46.2 Å². The van der Waals surface area contributed by atoms with E-state index in [1.165, 1.54) is 12.8 Å². The van der Waals surface area contributed by atoms with Gasteiger partial charge in [-0.05, 0) is 6.42 Å². The van der Waals surface area contributed by atoms with Crippen LogP contribution in [0.4, 0.5) is 4.39 Å². The monoisotopic (exact) mass is 649 g/mol. The molecule has 2 fully saturated rings.